The molecule has 0 spiro atoms. The second kappa shape index (κ2) is 7.93. The second-order valence-electron chi connectivity index (χ2n) is 6.16. The molecule has 2 heteroatoms. The average molecular weight is 424 g/mol. The van der Waals surface area contributed by atoms with Gasteiger partial charge in [-0.25, -0.2) is 0 Å². The molecule has 1 aliphatic heterocycles. The van der Waals surface area contributed by atoms with Gasteiger partial charge >= 0.3 is 0 Å². The van der Waals surface area contributed by atoms with Gasteiger partial charge in [0.1, 0.15) is 10.6 Å². The van der Waals surface area contributed by atoms with Gasteiger partial charge in [0.15, 0.2) is 0 Å². The van der Waals surface area contributed by atoms with Crippen LogP contribution in [0.3, 0.4) is 0 Å². The lowest BCUT2D eigenvalue weighted by Gasteiger charge is -2.24. The summed E-state index contributed by atoms with van der Waals surface area (Å²) in [6, 6.07) is 18.4. The Morgan fingerprint density at radius 1 is 0.682 bits per heavy atom. The van der Waals surface area contributed by atoms with Gasteiger partial charge in [0.05, 0.1) is 19.6 Å². The molecule has 118 valence electrons. The maximum Gasteiger partial charge on any atom is 0.107 e. The molecule has 0 bridgehead atoms. The maximum absolute atomic E-state index is 2.43. The van der Waals surface area contributed by atoms with E-state index in [-0.39, 0.29) is 24.0 Å². The van der Waals surface area contributed by atoms with Crippen LogP contribution >= 0.6 is 7.26 Å². The van der Waals surface area contributed by atoms with Gasteiger partial charge in [-0.2, -0.15) is 0 Å². The fraction of sp³-hybridized carbons (Fsp3) is 0.400. The Morgan fingerprint density at radius 2 is 1.09 bits per heavy atom. The number of hydrogen-bond acceptors (Lipinski definition) is 0. The van der Waals surface area contributed by atoms with Crippen molar-refractivity contribution in [2.75, 3.05) is 12.3 Å². The van der Waals surface area contributed by atoms with Crippen LogP contribution in [-0.2, 0) is 0 Å². The molecule has 0 aromatic heterocycles. The number of hydrogen-bond donors (Lipinski definition) is 0. The summed E-state index contributed by atoms with van der Waals surface area (Å²) < 4.78 is 0. The van der Waals surface area contributed by atoms with Gasteiger partial charge in [0, 0.05) is 11.1 Å². The molecule has 0 saturated heterocycles. The van der Waals surface area contributed by atoms with E-state index in [0.29, 0.717) is 0 Å². The SMILES string of the molecule is CCCC[P+]1(CCCC)c2ccccc2-c2ccccc21.[I-]. The predicted octanol–water partition coefficient (Wildman–Crippen LogP) is 2.24. The molecule has 0 unspecified atom stereocenters. The number of halogens is 1. The van der Waals surface area contributed by atoms with Crippen LogP contribution in [0.25, 0.3) is 11.1 Å². The van der Waals surface area contributed by atoms with Crippen LogP contribution in [0, 0.1) is 0 Å². The molecule has 0 radical (unpaired) electrons. The van der Waals surface area contributed by atoms with Crippen molar-refractivity contribution in [2.24, 2.45) is 0 Å². The van der Waals surface area contributed by atoms with Crippen molar-refractivity contribution in [3.8, 4) is 11.1 Å². The standard InChI is InChI=1S/C20H26P.HI/c1-3-5-15-21(16-6-4-2)19-13-9-7-11-17(19)18-12-8-10-14-20(18)21;/h7-14H,3-6,15-16H2,1-2H3;1H/q+1;/p-1. The van der Waals surface area contributed by atoms with Crippen LogP contribution in [0.4, 0.5) is 0 Å². The number of fused-ring (bicyclic) bond motifs is 3. The van der Waals surface area contributed by atoms with Crippen molar-refractivity contribution in [1.82, 2.24) is 0 Å². The van der Waals surface area contributed by atoms with Crippen LogP contribution in [0.5, 0.6) is 0 Å². The minimum absolute atomic E-state index is 0. The van der Waals surface area contributed by atoms with Crippen molar-refractivity contribution < 1.29 is 24.0 Å². The van der Waals surface area contributed by atoms with Crippen LogP contribution < -0.4 is 34.6 Å². The van der Waals surface area contributed by atoms with E-state index < -0.39 is 7.26 Å². The van der Waals surface area contributed by atoms with Crippen LogP contribution in [0.1, 0.15) is 39.5 Å². The van der Waals surface area contributed by atoms with Crippen LogP contribution in [-0.4, -0.2) is 12.3 Å². The molecule has 2 aromatic carbocycles. The summed E-state index contributed by atoms with van der Waals surface area (Å²) >= 11 is 0. The molecule has 0 amide bonds. The van der Waals surface area contributed by atoms with Crippen molar-refractivity contribution in [1.29, 1.82) is 0 Å². The Hall–Kier alpha value is -0.400. The molecule has 0 fully saturated rings. The molecule has 0 aliphatic carbocycles. The summed E-state index contributed by atoms with van der Waals surface area (Å²) in [7, 11) is -1.16. The quantitative estimate of drug-likeness (QED) is 0.493. The van der Waals surface area contributed by atoms with E-state index in [9.17, 15) is 0 Å². The Morgan fingerprint density at radius 3 is 1.50 bits per heavy atom. The third kappa shape index (κ3) is 2.99. The third-order valence-electron chi connectivity index (χ3n) is 4.81. The molecule has 1 heterocycles. The van der Waals surface area contributed by atoms with Gasteiger partial charge in [-0.3, -0.25) is 0 Å². The van der Waals surface area contributed by atoms with Crippen LogP contribution in [0.15, 0.2) is 48.5 Å². The lowest BCUT2D eigenvalue weighted by atomic mass is 10.1. The third-order valence-corrected chi connectivity index (χ3v) is 9.59. The lowest BCUT2D eigenvalue weighted by molar-refractivity contribution is -0.00000427. The summed E-state index contributed by atoms with van der Waals surface area (Å²) in [4.78, 5) is 0. The van der Waals surface area contributed by atoms with E-state index in [1.807, 2.05) is 0 Å². The summed E-state index contributed by atoms with van der Waals surface area (Å²) in [5, 5.41) is 3.38. The van der Waals surface area contributed by atoms with E-state index in [1.165, 1.54) is 49.1 Å². The first kappa shape index (κ1) is 17.9. The highest BCUT2D eigenvalue weighted by atomic mass is 127. The van der Waals surface area contributed by atoms with Gasteiger partial charge < -0.3 is 24.0 Å². The van der Waals surface area contributed by atoms with E-state index in [0.717, 1.165) is 0 Å². The predicted molar refractivity (Wildman–Crippen MR) is 97.6 cm³/mol. The van der Waals surface area contributed by atoms with E-state index in [1.54, 1.807) is 10.6 Å². The lowest BCUT2D eigenvalue weighted by Crippen LogP contribution is -3.00. The zero-order valence-electron chi connectivity index (χ0n) is 13.7. The van der Waals surface area contributed by atoms with E-state index >= 15 is 0 Å². The Labute approximate surface area is 153 Å². The van der Waals surface area contributed by atoms with Crippen LogP contribution in [0.2, 0.25) is 0 Å². The number of benzene rings is 2. The summed E-state index contributed by atoms with van der Waals surface area (Å²) in [5.74, 6) is 0. The van der Waals surface area contributed by atoms with Crippen molar-refractivity contribution in [2.45, 2.75) is 39.5 Å². The Bertz CT molecular complexity index is 565. The molecule has 0 nitrogen and oxygen atoms in total. The number of unbranched alkanes of at least 4 members (excludes halogenated alkanes) is 2. The zero-order valence-corrected chi connectivity index (χ0v) is 16.7. The fourth-order valence-corrected chi connectivity index (χ4v) is 8.94. The van der Waals surface area contributed by atoms with Gasteiger partial charge in [-0.05, 0) is 25.0 Å². The monoisotopic (exact) mass is 424 g/mol. The fourth-order valence-electron chi connectivity index (χ4n) is 3.73. The second-order valence-corrected chi connectivity index (χ2v) is 9.95. The highest BCUT2D eigenvalue weighted by Crippen LogP contribution is 2.64. The first-order chi connectivity index (χ1) is 10.3. The van der Waals surface area contributed by atoms with Crippen molar-refractivity contribution >= 4 is 17.9 Å². The summed E-state index contributed by atoms with van der Waals surface area (Å²) in [6.07, 6.45) is 8.13. The highest BCUT2D eigenvalue weighted by Gasteiger charge is 2.49. The Balaban J connectivity index is 0.00000176. The first-order valence-electron chi connectivity index (χ1n) is 8.40. The molecule has 2 aromatic rings. The molecule has 22 heavy (non-hydrogen) atoms. The van der Waals surface area contributed by atoms with Crippen molar-refractivity contribution in [3.63, 3.8) is 0 Å². The topological polar surface area (TPSA) is 0 Å². The highest BCUT2D eigenvalue weighted by molar-refractivity contribution is 7.90. The molecule has 0 atom stereocenters. The van der Waals surface area contributed by atoms with Crippen molar-refractivity contribution in [3.05, 3.63) is 48.5 Å². The van der Waals surface area contributed by atoms with Gasteiger partial charge in [0.25, 0.3) is 0 Å². The first-order valence-corrected chi connectivity index (χ1v) is 10.6. The van der Waals surface area contributed by atoms with E-state index in [4.69, 9.17) is 0 Å². The molecular weight excluding hydrogens is 398 g/mol. The average Bonchev–Trinajstić information content (AvgIpc) is 2.82. The smallest absolute Gasteiger partial charge is 0.107 e. The zero-order chi connectivity index (χ0) is 14.7. The molecule has 3 rings (SSSR count). The summed E-state index contributed by atoms with van der Waals surface area (Å²) in [5.41, 5.74) is 3.04. The van der Waals surface area contributed by atoms with Gasteiger partial charge in [-0.15, -0.1) is 0 Å². The molecular formula is C20H26IP. The van der Waals surface area contributed by atoms with Gasteiger partial charge in [-0.1, -0.05) is 63.1 Å². The Kier molecular flexibility index (Phi) is 6.46. The van der Waals surface area contributed by atoms with Gasteiger partial charge in [0.2, 0.25) is 0 Å². The number of rotatable bonds is 6. The normalized spacial score (nSPS) is 14.1. The minimum atomic E-state index is -1.16. The molecule has 1 aliphatic rings. The minimum Gasteiger partial charge on any atom is -1.00 e. The maximum atomic E-state index is 2.43. The largest absolute Gasteiger partial charge is 1.00 e. The molecule has 0 N–H and O–H groups in total. The summed E-state index contributed by atoms with van der Waals surface area (Å²) in [6.45, 7) is 4.65. The molecule has 0 saturated carbocycles. The van der Waals surface area contributed by atoms with E-state index in [2.05, 4.69) is 62.4 Å².